The van der Waals surface area contributed by atoms with E-state index < -0.39 is 17.6 Å². The van der Waals surface area contributed by atoms with Gasteiger partial charge >= 0.3 is 5.97 Å². The monoisotopic (exact) mass is 241 g/mol. The Labute approximate surface area is 98.1 Å². The summed E-state index contributed by atoms with van der Waals surface area (Å²) in [5.41, 5.74) is 0.454. The molecule has 5 heteroatoms. The molecule has 0 radical (unpaired) electrons. The van der Waals surface area contributed by atoms with E-state index in [2.05, 4.69) is 10.1 Å². The van der Waals surface area contributed by atoms with Crippen LogP contribution in [0.15, 0.2) is 29.8 Å². The zero-order valence-corrected chi connectivity index (χ0v) is 9.59. The zero-order chi connectivity index (χ0) is 12.8. The van der Waals surface area contributed by atoms with Crippen LogP contribution in [0.2, 0.25) is 0 Å². The van der Waals surface area contributed by atoms with Crippen molar-refractivity contribution in [3.8, 4) is 0 Å². The van der Waals surface area contributed by atoms with Gasteiger partial charge in [0.2, 0.25) is 0 Å². The van der Waals surface area contributed by atoms with Crippen LogP contribution in [-0.4, -0.2) is 19.6 Å². The molecule has 92 valence electrons. The number of benzene rings is 1. The van der Waals surface area contributed by atoms with Crippen LogP contribution in [0, 0.1) is 11.6 Å². The van der Waals surface area contributed by atoms with Gasteiger partial charge in [-0.05, 0) is 19.1 Å². The standard InChI is InChI=1S/C12H13F2NO2/c1-8(12(16)17-2)6-7-15-10-5-3-4-9(13)11(10)14/h3-6,15H,7H2,1-2H3/b8-6+. The molecule has 0 saturated carbocycles. The van der Waals surface area contributed by atoms with E-state index in [-0.39, 0.29) is 12.2 Å². The SMILES string of the molecule is COC(=O)/C(C)=C/CNc1cccc(F)c1F. The van der Waals surface area contributed by atoms with Crippen molar-refractivity contribution in [1.82, 2.24) is 0 Å². The first-order valence-electron chi connectivity index (χ1n) is 4.99. The molecular weight excluding hydrogens is 228 g/mol. The molecule has 0 heterocycles. The van der Waals surface area contributed by atoms with Crippen molar-refractivity contribution in [2.45, 2.75) is 6.92 Å². The Morgan fingerprint density at radius 3 is 2.82 bits per heavy atom. The molecule has 0 unspecified atom stereocenters. The van der Waals surface area contributed by atoms with Crippen LogP contribution in [-0.2, 0) is 9.53 Å². The van der Waals surface area contributed by atoms with Crippen molar-refractivity contribution in [3.63, 3.8) is 0 Å². The minimum absolute atomic E-state index is 0.0546. The lowest BCUT2D eigenvalue weighted by Crippen LogP contribution is -2.06. The summed E-state index contributed by atoms with van der Waals surface area (Å²) in [5, 5.41) is 2.66. The van der Waals surface area contributed by atoms with Crippen molar-refractivity contribution in [3.05, 3.63) is 41.5 Å². The van der Waals surface area contributed by atoms with Gasteiger partial charge in [-0.2, -0.15) is 0 Å². The van der Waals surface area contributed by atoms with Crippen LogP contribution in [0.25, 0.3) is 0 Å². The second-order valence-corrected chi connectivity index (χ2v) is 3.36. The van der Waals surface area contributed by atoms with E-state index in [1.165, 1.54) is 25.3 Å². The van der Waals surface area contributed by atoms with Crippen LogP contribution >= 0.6 is 0 Å². The summed E-state index contributed by atoms with van der Waals surface area (Å²) in [6.07, 6.45) is 1.54. The maximum atomic E-state index is 13.2. The van der Waals surface area contributed by atoms with E-state index in [0.29, 0.717) is 5.57 Å². The molecule has 0 atom stereocenters. The van der Waals surface area contributed by atoms with Crippen molar-refractivity contribution in [2.24, 2.45) is 0 Å². The molecule has 1 aromatic rings. The lowest BCUT2D eigenvalue weighted by Gasteiger charge is -2.05. The molecule has 0 aliphatic heterocycles. The number of ether oxygens (including phenoxy) is 1. The van der Waals surface area contributed by atoms with Gasteiger partial charge in [-0.3, -0.25) is 0 Å². The van der Waals surface area contributed by atoms with Gasteiger partial charge < -0.3 is 10.1 Å². The lowest BCUT2D eigenvalue weighted by molar-refractivity contribution is -0.136. The number of hydrogen-bond acceptors (Lipinski definition) is 3. The van der Waals surface area contributed by atoms with Crippen molar-refractivity contribution >= 4 is 11.7 Å². The number of hydrogen-bond donors (Lipinski definition) is 1. The molecule has 17 heavy (non-hydrogen) atoms. The van der Waals surface area contributed by atoms with Crippen molar-refractivity contribution in [2.75, 3.05) is 19.0 Å². The summed E-state index contributed by atoms with van der Waals surface area (Å²) in [6.45, 7) is 1.79. The number of carbonyl (C=O) groups excluding carboxylic acids is 1. The number of carbonyl (C=O) groups is 1. The van der Waals surface area contributed by atoms with Crippen molar-refractivity contribution in [1.29, 1.82) is 0 Å². The first-order valence-corrected chi connectivity index (χ1v) is 4.99. The van der Waals surface area contributed by atoms with Gasteiger partial charge in [-0.1, -0.05) is 12.1 Å². The molecule has 1 aromatic carbocycles. The lowest BCUT2D eigenvalue weighted by atomic mass is 10.2. The van der Waals surface area contributed by atoms with Crippen LogP contribution in [0.4, 0.5) is 14.5 Å². The quantitative estimate of drug-likeness (QED) is 0.650. The molecule has 0 bridgehead atoms. The van der Waals surface area contributed by atoms with E-state index in [0.717, 1.165) is 6.07 Å². The Morgan fingerprint density at radius 2 is 2.18 bits per heavy atom. The molecule has 0 aliphatic rings. The molecule has 1 N–H and O–H groups in total. The summed E-state index contributed by atoms with van der Waals surface area (Å²) in [6, 6.07) is 3.85. The second kappa shape index (κ2) is 5.98. The average molecular weight is 241 g/mol. The smallest absolute Gasteiger partial charge is 0.333 e. The summed E-state index contributed by atoms with van der Waals surface area (Å²) >= 11 is 0. The van der Waals surface area contributed by atoms with E-state index in [1.54, 1.807) is 6.92 Å². The molecule has 3 nitrogen and oxygen atoms in total. The fraction of sp³-hybridized carbons (Fsp3) is 0.250. The van der Waals surface area contributed by atoms with Gasteiger partial charge in [0, 0.05) is 12.1 Å². The molecule has 0 fully saturated rings. The average Bonchev–Trinajstić information content (AvgIpc) is 2.33. The van der Waals surface area contributed by atoms with Gasteiger partial charge in [0.25, 0.3) is 0 Å². The Kier molecular flexibility index (Phi) is 4.63. The second-order valence-electron chi connectivity index (χ2n) is 3.36. The molecule has 0 aromatic heterocycles. The van der Waals surface area contributed by atoms with E-state index >= 15 is 0 Å². The Balaban J connectivity index is 2.63. The molecule has 0 amide bonds. The molecular formula is C12H13F2NO2. The van der Waals surface area contributed by atoms with Crippen LogP contribution in [0.1, 0.15) is 6.92 Å². The Morgan fingerprint density at radius 1 is 1.47 bits per heavy atom. The number of nitrogens with one attached hydrogen (secondary N) is 1. The van der Waals surface area contributed by atoms with Gasteiger partial charge in [-0.15, -0.1) is 0 Å². The molecule has 0 aliphatic carbocycles. The molecule has 0 saturated heterocycles. The Bertz CT molecular complexity index is 444. The van der Waals surface area contributed by atoms with Crippen LogP contribution < -0.4 is 5.32 Å². The largest absolute Gasteiger partial charge is 0.466 e. The first-order chi connectivity index (χ1) is 8.06. The Hall–Kier alpha value is -1.91. The number of anilines is 1. The first kappa shape index (κ1) is 13.2. The molecule has 1 rings (SSSR count). The van der Waals surface area contributed by atoms with E-state index in [4.69, 9.17) is 0 Å². The highest BCUT2D eigenvalue weighted by Gasteiger charge is 2.06. The predicted octanol–water partition coefficient (Wildman–Crippen LogP) is 2.50. The molecule has 0 spiro atoms. The number of halogens is 2. The maximum Gasteiger partial charge on any atom is 0.333 e. The van der Waals surface area contributed by atoms with Gasteiger partial charge in [0.15, 0.2) is 11.6 Å². The third-order valence-corrected chi connectivity index (χ3v) is 2.16. The van der Waals surface area contributed by atoms with Gasteiger partial charge in [-0.25, -0.2) is 13.6 Å². The van der Waals surface area contributed by atoms with Gasteiger partial charge in [0.05, 0.1) is 12.8 Å². The third kappa shape index (κ3) is 3.55. The number of methoxy groups -OCH3 is 1. The minimum atomic E-state index is -0.934. The number of esters is 1. The highest BCUT2D eigenvalue weighted by molar-refractivity contribution is 5.87. The zero-order valence-electron chi connectivity index (χ0n) is 9.59. The number of rotatable bonds is 4. The van der Waals surface area contributed by atoms with Crippen LogP contribution in [0.5, 0.6) is 0 Å². The minimum Gasteiger partial charge on any atom is -0.466 e. The topological polar surface area (TPSA) is 38.3 Å². The van der Waals surface area contributed by atoms with E-state index in [1.807, 2.05) is 0 Å². The van der Waals surface area contributed by atoms with Crippen LogP contribution in [0.3, 0.4) is 0 Å². The van der Waals surface area contributed by atoms with Crippen molar-refractivity contribution < 1.29 is 18.3 Å². The normalized spacial score (nSPS) is 11.2. The fourth-order valence-corrected chi connectivity index (χ4v) is 1.20. The summed E-state index contributed by atoms with van der Waals surface area (Å²) < 4.78 is 30.5. The van der Waals surface area contributed by atoms with E-state index in [9.17, 15) is 13.6 Å². The fourth-order valence-electron chi connectivity index (χ4n) is 1.20. The van der Waals surface area contributed by atoms with Gasteiger partial charge in [0.1, 0.15) is 0 Å². The third-order valence-electron chi connectivity index (χ3n) is 2.16. The summed E-state index contributed by atoms with van der Waals surface area (Å²) in [7, 11) is 1.28. The predicted molar refractivity (Wildman–Crippen MR) is 60.6 cm³/mol. The highest BCUT2D eigenvalue weighted by atomic mass is 19.2. The maximum absolute atomic E-state index is 13.2. The highest BCUT2D eigenvalue weighted by Crippen LogP contribution is 2.16. The summed E-state index contributed by atoms with van der Waals surface area (Å²) in [4.78, 5) is 11.0. The summed E-state index contributed by atoms with van der Waals surface area (Å²) in [5.74, 6) is -2.30.